The lowest BCUT2D eigenvalue weighted by atomic mass is 9.94. The highest BCUT2D eigenvalue weighted by molar-refractivity contribution is 7.07. The highest BCUT2D eigenvalue weighted by atomic mass is 35.5. The van der Waals surface area contributed by atoms with Gasteiger partial charge in [0.2, 0.25) is 0 Å². The molecule has 0 saturated heterocycles. The van der Waals surface area contributed by atoms with Gasteiger partial charge >= 0.3 is 5.97 Å². The second-order valence-electron chi connectivity index (χ2n) is 10.8. The molecule has 0 aliphatic carbocycles. The standard InChI is InChI=1S/C37H33ClN2O5S/c1-4-9-30-33(36(42)44-5-2)34(25-11-8-12-27(20-25)43-3)40-35(41)32(46-37(40)39-30)21-29-28-13-7-6-10-24(28)16-19-31(29)45-22-23-14-17-26(38)18-15-23/h6-8,10-21,34H,4-5,9,22H2,1-3H3/b32-21-/t34-/m1/s1. The number of ether oxygens (including phenoxy) is 3. The van der Waals surface area contributed by atoms with E-state index < -0.39 is 12.0 Å². The number of methoxy groups -OCH3 is 1. The molecule has 1 atom stereocenters. The van der Waals surface area contributed by atoms with Crippen LogP contribution in [0.3, 0.4) is 0 Å². The van der Waals surface area contributed by atoms with Gasteiger partial charge in [0.25, 0.3) is 5.56 Å². The summed E-state index contributed by atoms with van der Waals surface area (Å²) in [7, 11) is 1.59. The summed E-state index contributed by atoms with van der Waals surface area (Å²) in [6.07, 6.45) is 3.21. The van der Waals surface area contributed by atoms with Crippen molar-refractivity contribution in [2.75, 3.05) is 13.7 Å². The van der Waals surface area contributed by atoms with Crippen LogP contribution >= 0.6 is 22.9 Å². The van der Waals surface area contributed by atoms with Crippen molar-refractivity contribution in [3.63, 3.8) is 0 Å². The van der Waals surface area contributed by atoms with Gasteiger partial charge in [-0.05, 0) is 71.7 Å². The van der Waals surface area contributed by atoms with E-state index in [1.54, 1.807) is 18.6 Å². The number of hydrogen-bond donors (Lipinski definition) is 0. The number of fused-ring (bicyclic) bond motifs is 2. The van der Waals surface area contributed by atoms with Gasteiger partial charge in [0.05, 0.1) is 35.6 Å². The minimum absolute atomic E-state index is 0.205. The highest BCUT2D eigenvalue weighted by Gasteiger charge is 2.34. The number of esters is 1. The van der Waals surface area contributed by atoms with E-state index in [2.05, 4.69) is 0 Å². The molecule has 46 heavy (non-hydrogen) atoms. The monoisotopic (exact) mass is 652 g/mol. The molecular formula is C37H33ClN2O5S. The normalized spacial score (nSPS) is 14.6. The van der Waals surface area contributed by atoms with Gasteiger partial charge in [0.15, 0.2) is 4.80 Å². The third-order valence-electron chi connectivity index (χ3n) is 7.82. The molecule has 0 fully saturated rings. The van der Waals surface area contributed by atoms with Crippen LogP contribution in [0.15, 0.2) is 106 Å². The second-order valence-corrected chi connectivity index (χ2v) is 12.2. The number of thiazole rings is 1. The zero-order valence-electron chi connectivity index (χ0n) is 25.8. The number of benzene rings is 4. The Morgan fingerprint density at radius 2 is 1.83 bits per heavy atom. The van der Waals surface area contributed by atoms with Crippen LogP contribution in [-0.4, -0.2) is 24.3 Å². The van der Waals surface area contributed by atoms with Crippen molar-refractivity contribution in [1.82, 2.24) is 4.57 Å². The van der Waals surface area contributed by atoms with E-state index in [9.17, 15) is 9.59 Å². The van der Waals surface area contributed by atoms with Crippen molar-refractivity contribution >= 4 is 45.8 Å². The van der Waals surface area contributed by atoms with Gasteiger partial charge in [-0.25, -0.2) is 9.79 Å². The molecule has 4 aromatic carbocycles. The summed E-state index contributed by atoms with van der Waals surface area (Å²) < 4.78 is 19.5. The molecule has 234 valence electrons. The second kappa shape index (κ2) is 13.8. The summed E-state index contributed by atoms with van der Waals surface area (Å²) in [6, 6.07) is 26.2. The van der Waals surface area contributed by atoms with Gasteiger partial charge in [-0.1, -0.05) is 90.9 Å². The number of aromatic nitrogens is 1. The maximum Gasteiger partial charge on any atom is 0.338 e. The Labute approximate surface area is 275 Å². The number of halogens is 1. The summed E-state index contributed by atoms with van der Waals surface area (Å²) in [5, 5.41) is 2.63. The number of allylic oxidation sites excluding steroid dienone is 1. The molecule has 0 bridgehead atoms. The van der Waals surface area contributed by atoms with Crippen LogP contribution in [0, 0.1) is 0 Å². The molecule has 1 aromatic heterocycles. The quantitative estimate of drug-likeness (QED) is 0.152. The molecule has 1 aliphatic heterocycles. The third kappa shape index (κ3) is 6.23. The summed E-state index contributed by atoms with van der Waals surface area (Å²) in [5.74, 6) is 0.779. The molecule has 0 N–H and O–H groups in total. The van der Waals surface area contributed by atoms with Gasteiger partial charge < -0.3 is 14.2 Å². The lowest BCUT2D eigenvalue weighted by Crippen LogP contribution is -2.40. The first-order valence-corrected chi connectivity index (χ1v) is 16.4. The van der Waals surface area contributed by atoms with Gasteiger partial charge in [-0.3, -0.25) is 9.36 Å². The van der Waals surface area contributed by atoms with E-state index >= 15 is 0 Å². The van der Waals surface area contributed by atoms with E-state index in [0.717, 1.165) is 33.9 Å². The first-order chi connectivity index (χ1) is 22.4. The molecule has 0 saturated carbocycles. The molecule has 0 amide bonds. The van der Waals surface area contributed by atoms with E-state index in [1.807, 2.05) is 97.9 Å². The van der Waals surface area contributed by atoms with Gasteiger partial charge in [-0.2, -0.15) is 0 Å². The number of carbonyl (C=O) groups is 1. The smallest absolute Gasteiger partial charge is 0.338 e. The number of hydrogen-bond acceptors (Lipinski definition) is 7. The Morgan fingerprint density at radius 1 is 1.02 bits per heavy atom. The molecule has 0 spiro atoms. The molecule has 9 heteroatoms. The average Bonchev–Trinajstić information content (AvgIpc) is 3.38. The summed E-state index contributed by atoms with van der Waals surface area (Å²) >= 11 is 7.38. The molecule has 0 radical (unpaired) electrons. The Hall–Kier alpha value is -4.66. The van der Waals surface area contributed by atoms with Gasteiger partial charge in [0.1, 0.15) is 18.1 Å². The minimum atomic E-state index is -0.734. The van der Waals surface area contributed by atoms with Crippen molar-refractivity contribution in [1.29, 1.82) is 0 Å². The first-order valence-electron chi connectivity index (χ1n) is 15.2. The first kappa shape index (κ1) is 31.3. The van der Waals surface area contributed by atoms with Gasteiger partial charge in [-0.15, -0.1) is 0 Å². The van der Waals surface area contributed by atoms with Crippen molar-refractivity contribution < 1.29 is 19.0 Å². The van der Waals surface area contributed by atoms with Gasteiger partial charge in [0, 0.05) is 10.6 Å². The summed E-state index contributed by atoms with van der Waals surface area (Å²) in [6.45, 7) is 4.34. The Balaban J connectivity index is 1.55. The zero-order valence-corrected chi connectivity index (χ0v) is 27.4. The van der Waals surface area contributed by atoms with Crippen molar-refractivity contribution in [3.05, 3.63) is 138 Å². The molecule has 0 unspecified atom stereocenters. The lowest BCUT2D eigenvalue weighted by Gasteiger charge is -2.26. The molecule has 6 rings (SSSR count). The average molecular weight is 653 g/mol. The maximum atomic E-state index is 14.4. The van der Waals surface area contributed by atoms with Crippen LogP contribution < -0.4 is 24.4 Å². The lowest BCUT2D eigenvalue weighted by molar-refractivity contribution is -0.139. The number of carbonyl (C=O) groups excluding carboxylic acids is 1. The van der Waals surface area contributed by atoms with Crippen LogP contribution in [0.1, 0.15) is 49.4 Å². The fourth-order valence-corrected chi connectivity index (χ4v) is 6.80. The fraction of sp³-hybridized carbons (Fsp3) is 0.216. The third-order valence-corrected chi connectivity index (χ3v) is 9.05. The summed E-state index contributed by atoms with van der Waals surface area (Å²) in [4.78, 5) is 33.4. The Morgan fingerprint density at radius 3 is 2.59 bits per heavy atom. The molecule has 7 nitrogen and oxygen atoms in total. The topological polar surface area (TPSA) is 79.1 Å². The van der Waals surface area contributed by atoms with Crippen molar-refractivity contribution in [2.45, 2.75) is 39.3 Å². The predicted octanol–water partition coefficient (Wildman–Crippen LogP) is 6.97. The van der Waals surface area contributed by atoms with Crippen LogP contribution in [0.2, 0.25) is 5.02 Å². The number of rotatable bonds is 10. The largest absolute Gasteiger partial charge is 0.497 e. The fourth-order valence-electron chi connectivity index (χ4n) is 5.67. The van der Waals surface area contributed by atoms with E-state index in [0.29, 0.717) is 50.2 Å². The zero-order chi connectivity index (χ0) is 32.2. The van der Waals surface area contributed by atoms with Crippen molar-refractivity contribution in [3.8, 4) is 11.5 Å². The maximum absolute atomic E-state index is 14.4. The Kier molecular flexibility index (Phi) is 9.38. The van der Waals surface area contributed by atoms with Crippen LogP contribution in [0.4, 0.5) is 0 Å². The molecule has 5 aromatic rings. The predicted molar refractivity (Wildman–Crippen MR) is 182 cm³/mol. The van der Waals surface area contributed by atoms with E-state index in [4.69, 9.17) is 30.8 Å². The highest BCUT2D eigenvalue weighted by Crippen LogP contribution is 2.34. The Bertz CT molecular complexity index is 2130. The van der Waals surface area contributed by atoms with E-state index in [-0.39, 0.29) is 12.2 Å². The molecular weight excluding hydrogens is 620 g/mol. The molecule has 1 aliphatic rings. The van der Waals surface area contributed by atoms with Crippen LogP contribution in [0.5, 0.6) is 11.5 Å². The number of nitrogens with zero attached hydrogens (tertiary/aromatic N) is 2. The minimum Gasteiger partial charge on any atom is -0.497 e. The van der Waals surface area contributed by atoms with E-state index in [1.165, 1.54) is 11.3 Å². The summed E-state index contributed by atoms with van der Waals surface area (Å²) in [5.41, 5.74) is 3.22. The van der Waals surface area contributed by atoms with Crippen LogP contribution in [-0.2, 0) is 16.1 Å². The van der Waals surface area contributed by atoms with Crippen molar-refractivity contribution in [2.24, 2.45) is 4.99 Å². The molecule has 2 heterocycles. The van der Waals surface area contributed by atoms with Crippen LogP contribution in [0.25, 0.3) is 16.8 Å². The SMILES string of the molecule is CCCC1=C(C(=O)OCC)[C@@H](c2cccc(OC)c2)n2c(s/c(=C\c3c(OCc4ccc(Cl)cc4)ccc4ccccc34)c2=O)=N1.